The van der Waals surface area contributed by atoms with E-state index in [0.29, 0.717) is 19.0 Å². The van der Waals surface area contributed by atoms with Crippen molar-refractivity contribution >= 4 is 11.8 Å². The standard InChI is InChI=1S/C14H25N3O2/c1-10(2)5-7-16-13(18)9-17-8-12-11(14(17)19)4-3-6-15-12/h10-12,15H,3-9H2,1-2H3,(H,16,18). The molecule has 0 saturated carbocycles. The molecular weight excluding hydrogens is 242 g/mol. The van der Waals surface area contributed by atoms with Crippen molar-refractivity contribution in [3.63, 3.8) is 0 Å². The Balaban J connectivity index is 1.76. The second kappa shape index (κ2) is 6.37. The summed E-state index contributed by atoms with van der Waals surface area (Å²) in [5.41, 5.74) is 0. The highest BCUT2D eigenvalue weighted by Crippen LogP contribution is 2.25. The maximum absolute atomic E-state index is 12.2. The van der Waals surface area contributed by atoms with Gasteiger partial charge in [-0.25, -0.2) is 0 Å². The lowest BCUT2D eigenvalue weighted by molar-refractivity contribution is -0.135. The SMILES string of the molecule is CC(C)CCNC(=O)CN1CC2NCCCC2C1=O. The van der Waals surface area contributed by atoms with E-state index in [1.807, 2.05) is 0 Å². The number of likely N-dealkylation sites (tertiary alicyclic amines) is 1. The van der Waals surface area contributed by atoms with E-state index in [4.69, 9.17) is 0 Å². The third-order valence-electron chi connectivity index (χ3n) is 4.01. The van der Waals surface area contributed by atoms with E-state index in [2.05, 4.69) is 24.5 Å². The Hall–Kier alpha value is -1.10. The maximum atomic E-state index is 12.2. The third-order valence-corrected chi connectivity index (χ3v) is 4.01. The summed E-state index contributed by atoms with van der Waals surface area (Å²) in [6.45, 7) is 6.85. The molecule has 5 heteroatoms. The number of piperidine rings is 1. The Morgan fingerprint density at radius 2 is 2.32 bits per heavy atom. The van der Waals surface area contributed by atoms with Crippen molar-refractivity contribution in [2.45, 2.75) is 39.2 Å². The largest absolute Gasteiger partial charge is 0.355 e. The summed E-state index contributed by atoms with van der Waals surface area (Å²) in [5, 5.41) is 6.27. The van der Waals surface area contributed by atoms with Crippen LogP contribution in [0.2, 0.25) is 0 Å². The molecule has 5 nitrogen and oxygen atoms in total. The molecule has 2 aliphatic rings. The van der Waals surface area contributed by atoms with E-state index < -0.39 is 0 Å². The second-order valence-corrected chi connectivity index (χ2v) is 6.06. The van der Waals surface area contributed by atoms with Gasteiger partial charge in [0.25, 0.3) is 0 Å². The summed E-state index contributed by atoms with van der Waals surface area (Å²) >= 11 is 0. The normalized spacial score (nSPS) is 26.7. The van der Waals surface area contributed by atoms with Gasteiger partial charge < -0.3 is 15.5 Å². The highest BCUT2D eigenvalue weighted by atomic mass is 16.2. The number of rotatable bonds is 5. The molecule has 0 aromatic rings. The minimum absolute atomic E-state index is 0.0346. The Morgan fingerprint density at radius 1 is 1.53 bits per heavy atom. The van der Waals surface area contributed by atoms with Gasteiger partial charge in [0.05, 0.1) is 12.5 Å². The summed E-state index contributed by atoms with van der Waals surface area (Å²) in [7, 11) is 0. The molecule has 2 saturated heterocycles. The molecule has 0 radical (unpaired) electrons. The fourth-order valence-electron chi connectivity index (χ4n) is 2.87. The fourth-order valence-corrected chi connectivity index (χ4v) is 2.87. The Bertz CT molecular complexity index is 344. The average molecular weight is 267 g/mol. The van der Waals surface area contributed by atoms with Crippen LogP contribution >= 0.6 is 0 Å². The zero-order valence-corrected chi connectivity index (χ0v) is 11.9. The van der Waals surface area contributed by atoms with E-state index in [-0.39, 0.29) is 30.3 Å². The van der Waals surface area contributed by atoms with E-state index in [9.17, 15) is 9.59 Å². The number of carbonyl (C=O) groups is 2. The quantitative estimate of drug-likeness (QED) is 0.756. The number of fused-ring (bicyclic) bond motifs is 1. The summed E-state index contributed by atoms with van der Waals surface area (Å²) in [4.78, 5) is 25.7. The van der Waals surface area contributed by atoms with Gasteiger partial charge in [-0.15, -0.1) is 0 Å². The highest BCUT2D eigenvalue weighted by molar-refractivity contribution is 5.88. The number of hydrogen-bond acceptors (Lipinski definition) is 3. The van der Waals surface area contributed by atoms with Gasteiger partial charge in [-0.05, 0) is 31.7 Å². The van der Waals surface area contributed by atoms with Crippen LogP contribution in [0.3, 0.4) is 0 Å². The molecule has 0 bridgehead atoms. The molecule has 2 amide bonds. The summed E-state index contributed by atoms with van der Waals surface area (Å²) in [6, 6.07) is 0.254. The topological polar surface area (TPSA) is 61.4 Å². The lowest BCUT2D eigenvalue weighted by Gasteiger charge is -2.23. The van der Waals surface area contributed by atoms with E-state index in [1.165, 1.54) is 0 Å². The first-order valence-electron chi connectivity index (χ1n) is 7.37. The number of nitrogens with one attached hydrogen (secondary N) is 2. The van der Waals surface area contributed by atoms with Crippen LogP contribution in [-0.4, -0.2) is 48.9 Å². The van der Waals surface area contributed by atoms with E-state index >= 15 is 0 Å². The molecule has 0 spiro atoms. The molecule has 2 unspecified atom stereocenters. The van der Waals surface area contributed by atoms with Crippen molar-refractivity contribution in [1.82, 2.24) is 15.5 Å². The molecule has 0 aromatic heterocycles. The minimum Gasteiger partial charge on any atom is -0.355 e. The van der Waals surface area contributed by atoms with Crippen LogP contribution in [-0.2, 0) is 9.59 Å². The van der Waals surface area contributed by atoms with Crippen LogP contribution in [0, 0.1) is 11.8 Å². The van der Waals surface area contributed by atoms with Gasteiger partial charge in [-0.3, -0.25) is 9.59 Å². The predicted octanol–water partition coefficient (Wildman–Crippen LogP) is 0.359. The van der Waals surface area contributed by atoms with Crippen molar-refractivity contribution in [2.75, 3.05) is 26.2 Å². The zero-order valence-electron chi connectivity index (χ0n) is 11.9. The van der Waals surface area contributed by atoms with Crippen molar-refractivity contribution in [2.24, 2.45) is 11.8 Å². The van der Waals surface area contributed by atoms with Gasteiger partial charge in [-0.2, -0.15) is 0 Å². The second-order valence-electron chi connectivity index (χ2n) is 6.06. The number of nitrogens with zero attached hydrogens (tertiary/aromatic N) is 1. The van der Waals surface area contributed by atoms with Crippen LogP contribution in [0.5, 0.6) is 0 Å². The van der Waals surface area contributed by atoms with Crippen molar-refractivity contribution in [3.8, 4) is 0 Å². The molecule has 0 aromatic carbocycles. The van der Waals surface area contributed by atoms with Gasteiger partial charge >= 0.3 is 0 Å². The van der Waals surface area contributed by atoms with Crippen LogP contribution in [0.4, 0.5) is 0 Å². The zero-order chi connectivity index (χ0) is 13.8. The van der Waals surface area contributed by atoms with Gasteiger partial charge in [0, 0.05) is 19.1 Å². The van der Waals surface area contributed by atoms with Crippen LogP contribution in [0.1, 0.15) is 33.1 Å². The van der Waals surface area contributed by atoms with Gasteiger partial charge in [-0.1, -0.05) is 13.8 Å². The van der Waals surface area contributed by atoms with E-state index in [1.54, 1.807) is 4.90 Å². The summed E-state index contributed by atoms with van der Waals surface area (Å²) in [6.07, 6.45) is 3.00. The van der Waals surface area contributed by atoms with Gasteiger partial charge in [0.15, 0.2) is 0 Å². The first kappa shape index (κ1) is 14.3. The molecule has 108 valence electrons. The Kier molecular flexibility index (Phi) is 4.80. The number of carbonyl (C=O) groups excluding carboxylic acids is 2. The smallest absolute Gasteiger partial charge is 0.239 e. The lowest BCUT2D eigenvalue weighted by Crippen LogP contribution is -2.41. The number of hydrogen-bond donors (Lipinski definition) is 2. The molecule has 2 heterocycles. The van der Waals surface area contributed by atoms with Crippen LogP contribution < -0.4 is 10.6 Å². The molecule has 2 N–H and O–H groups in total. The molecule has 2 aliphatic heterocycles. The monoisotopic (exact) mass is 267 g/mol. The summed E-state index contributed by atoms with van der Waals surface area (Å²) in [5.74, 6) is 0.793. The van der Waals surface area contributed by atoms with Gasteiger partial charge in [0.1, 0.15) is 0 Å². The first-order valence-corrected chi connectivity index (χ1v) is 7.37. The number of amides is 2. The van der Waals surface area contributed by atoms with Gasteiger partial charge in [0.2, 0.25) is 11.8 Å². The molecule has 19 heavy (non-hydrogen) atoms. The van der Waals surface area contributed by atoms with Crippen molar-refractivity contribution in [1.29, 1.82) is 0 Å². The Morgan fingerprint density at radius 3 is 3.00 bits per heavy atom. The van der Waals surface area contributed by atoms with E-state index in [0.717, 1.165) is 25.8 Å². The third kappa shape index (κ3) is 3.69. The van der Waals surface area contributed by atoms with Crippen LogP contribution in [0.15, 0.2) is 0 Å². The Labute approximate surface area is 115 Å². The lowest BCUT2D eigenvalue weighted by atomic mass is 9.94. The average Bonchev–Trinajstić information content (AvgIpc) is 2.66. The fraction of sp³-hybridized carbons (Fsp3) is 0.857. The first-order chi connectivity index (χ1) is 9.08. The molecule has 2 rings (SSSR count). The summed E-state index contributed by atoms with van der Waals surface area (Å²) < 4.78 is 0. The molecular formula is C14H25N3O2. The molecule has 2 fully saturated rings. The molecule has 0 aliphatic carbocycles. The predicted molar refractivity (Wildman–Crippen MR) is 73.6 cm³/mol. The highest BCUT2D eigenvalue weighted by Gasteiger charge is 2.41. The maximum Gasteiger partial charge on any atom is 0.239 e. The van der Waals surface area contributed by atoms with Crippen LogP contribution in [0.25, 0.3) is 0 Å². The van der Waals surface area contributed by atoms with Crippen molar-refractivity contribution in [3.05, 3.63) is 0 Å². The van der Waals surface area contributed by atoms with Crippen molar-refractivity contribution < 1.29 is 9.59 Å². The molecule has 2 atom stereocenters. The minimum atomic E-state index is -0.0346.